The second-order valence-electron chi connectivity index (χ2n) is 6.64. The molecule has 0 spiro atoms. The molecule has 136 valence electrons. The molecule has 0 aliphatic heterocycles. The van der Waals surface area contributed by atoms with Crippen molar-refractivity contribution >= 4 is 16.7 Å². The average molecular weight is 526 g/mol. The normalized spacial score (nSPS) is 13.0. The molecule has 0 unspecified atom stereocenters. The van der Waals surface area contributed by atoms with Crippen molar-refractivity contribution in [2.45, 2.75) is 32.1 Å². The Bertz CT molecular complexity index is 929. The first kappa shape index (κ1) is 20.3. The number of carboxylic acid groups (broad SMARTS) is 1. The molecule has 4 rings (SSSR count). The summed E-state index contributed by atoms with van der Waals surface area (Å²) in [5, 5.41) is 10.4. The van der Waals surface area contributed by atoms with E-state index in [0.717, 1.165) is 11.3 Å². The summed E-state index contributed by atoms with van der Waals surface area (Å²) in [6, 6.07) is 18.2. The van der Waals surface area contributed by atoms with E-state index in [9.17, 15) is 4.79 Å². The van der Waals surface area contributed by atoms with Crippen LogP contribution < -0.4 is 0 Å². The molecule has 0 saturated carbocycles. The topological polar surface area (TPSA) is 50.2 Å². The van der Waals surface area contributed by atoms with Crippen LogP contribution in [-0.4, -0.2) is 16.1 Å². The van der Waals surface area contributed by atoms with E-state index in [2.05, 4.69) is 68.2 Å². The zero-order valence-electron chi connectivity index (χ0n) is 14.9. The Balaban J connectivity index is 0.000000305. The Morgan fingerprint density at radius 1 is 1.19 bits per heavy atom. The van der Waals surface area contributed by atoms with E-state index in [-0.39, 0.29) is 32.9 Å². The maximum atomic E-state index is 9.56. The van der Waals surface area contributed by atoms with E-state index >= 15 is 0 Å². The number of aromatic nitrogens is 1. The van der Waals surface area contributed by atoms with E-state index < -0.39 is 5.97 Å². The van der Waals surface area contributed by atoms with Crippen molar-refractivity contribution in [3.8, 4) is 11.3 Å². The third-order valence-corrected chi connectivity index (χ3v) is 4.62. The Hall–Kier alpha value is -1.99. The van der Waals surface area contributed by atoms with Crippen LogP contribution in [0.3, 0.4) is 0 Å². The van der Waals surface area contributed by atoms with Gasteiger partial charge in [-0.25, -0.2) is 0 Å². The molecule has 0 atom stereocenters. The number of fused-ring (bicyclic) bond motifs is 2. The van der Waals surface area contributed by atoms with Crippen LogP contribution in [-0.2, 0) is 31.3 Å². The van der Waals surface area contributed by atoms with Gasteiger partial charge in [-0.05, 0) is 33.5 Å². The quantitative estimate of drug-likeness (QED) is 0.477. The van der Waals surface area contributed by atoms with Crippen LogP contribution in [0.15, 0.2) is 48.7 Å². The van der Waals surface area contributed by atoms with Crippen LogP contribution in [0.2, 0.25) is 0 Å². The fourth-order valence-corrected chi connectivity index (χ4v) is 3.39. The van der Waals surface area contributed by atoms with Crippen LogP contribution in [0.4, 0.5) is 0 Å². The molecule has 1 aromatic heterocycles. The van der Waals surface area contributed by atoms with E-state index in [1.54, 1.807) is 0 Å². The number of carboxylic acids is 1. The fraction of sp³-hybridized carbons (Fsp3) is 0.227. The van der Waals surface area contributed by atoms with Crippen molar-refractivity contribution in [2.75, 3.05) is 0 Å². The number of pyridine rings is 1. The predicted molar refractivity (Wildman–Crippen MR) is 100 cm³/mol. The first-order valence-electron chi connectivity index (χ1n) is 8.37. The van der Waals surface area contributed by atoms with Gasteiger partial charge < -0.3 is 17.0 Å². The van der Waals surface area contributed by atoms with Gasteiger partial charge in [0.1, 0.15) is 0 Å². The summed E-state index contributed by atoms with van der Waals surface area (Å²) < 4.78 is 0. The first-order valence-corrected chi connectivity index (χ1v) is 8.37. The number of hydrogen-bond acceptors (Lipinski definition) is 2. The maximum absolute atomic E-state index is 9.56. The molecule has 3 nitrogen and oxygen atoms in total. The van der Waals surface area contributed by atoms with E-state index in [1.807, 2.05) is 12.3 Å². The number of carbonyl (C=O) groups is 1. The Morgan fingerprint density at radius 3 is 2.58 bits per heavy atom. The molecular weight excluding hydrogens is 505 g/mol. The van der Waals surface area contributed by atoms with Crippen LogP contribution >= 0.6 is 0 Å². The van der Waals surface area contributed by atoms with Gasteiger partial charge in [0, 0.05) is 12.6 Å². The molecule has 0 fully saturated rings. The zero-order chi connectivity index (χ0) is 18.0. The van der Waals surface area contributed by atoms with Gasteiger partial charge in [-0.15, -0.1) is 35.4 Å². The number of nitrogens with zero attached hydrogens (tertiary/aromatic N) is 1. The predicted octanol–water partition coefficient (Wildman–Crippen LogP) is 5.02. The van der Waals surface area contributed by atoms with E-state index in [1.165, 1.54) is 21.9 Å². The molecule has 0 saturated heterocycles. The van der Waals surface area contributed by atoms with Gasteiger partial charge >= 0.3 is 27.0 Å². The monoisotopic (exact) mass is 526 g/mol. The van der Waals surface area contributed by atoms with Crippen molar-refractivity contribution in [1.29, 1.82) is 0 Å². The molecule has 1 N–H and O–H groups in total. The van der Waals surface area contributed by atoms with Crippen LogP contribution in [0, 0.1) is 13.0 Å². The molecule has 1 aliphatic carbocycles. The molecular formula is C22H21NO2Pt. The molecule has 26 heavy (non-hydrogen) atoms. The van der Waals surface area contributed by atoms with Gasteiger partial charge in [0.25, 0.3) is 0 Å². The van der Waals surface area contributed by atoms with Crippen LogP contribution in [0.25, 0.3) is 22.0 Å². The van der Waals surface area contributed by atoms with Gasteiger partial charge in [0.15, 0.2) is 0 Å². The van der Waals surface area contributed by atoms with Crippen molar-refractivity contribution in [2.24, 2.45) is 0 Å². The number of hydrogen-bond donors (Lipinski definition) is 1. The maximum Gasteiger partial charge on any atom is 2.00 e. The van der Waals surface area contributed by atoms with Crippen molar-refractivity contribution in [3.63, 3.8) is 0 Å². The molecule has 0 radical (unpaired) electrons. The second-order valence-corrected chi connectivity index (χ2v) is 6.64. The zero-order valence-corrected chi connectivity index (χ0v) is 17.1. The summed E-state index contributed by atoms with van der Waals surface area (Å²) in [4.78, 5) is 14.2. The first-order chi connectivity index (χ1) is 12.0. The van der Waals surface area contributed by atoms with Crippen molar-refractivity contribution in [3.05, 3.63) is 72.8 Å². The smallest absolute Gasteiger partial charge is 0.481 e. The summed E-state index contributed by atoms with van der Waals surface area (Å²) in [7, 11) is 0. The van der Waals surface area contributed by atoms with E-state index in [0.29, 0.717) is 6.42 Å². The Labute approximate surface area is 168 Å². The third-order valence-electron chi connectivity index (χ3n) is 4.62. The molecule has 1 aliphatic rings. The summed E-state index contributed by atoms with van der Waals surface area (Å²) in [5.74, 6) is -0.773. The second kappa shape index (κ2) is 8.14. The molecule has 1 heterocycles. The summed E-state index contributed by atoms with van der Waals surface area (Å²) in [6.45, 7) is 7.91. The average Bonchev–Trinajstić information content (AvgIpc) is 2.60. The minimum atomic E-state index is -0.773. The minimum absolute atomic E-state index is 0. The van der Waals surface area contributed by atoms with Crippen molar-refractivity contribution < 1.29 is 31.0 Å². The minimum Gasteiger partial charge on any atom is -0.481 e. The Kier molecular flexibility index (Phi) is 6.36. The number of rotatable bonds is 2. The summed E-state index contributed by atoms with van der Waals surface area (Å²) in [6.07, 6.45) is 2.56. The van der Waals surface area contributed by atoms with Crippen LogP contribution in [0.5, 0.6) is 0 Å². The molecule has 0 bridgehead atoms. The largest absolute Gasteiger partial charge is 2.00 e. The molecule has 0 amide bonds. The molecule has 2 aromatic carbocycles. The number of aliphatic carboxylic acids is 1. The van der Waals surface area contributed by atoms with Crippen LogP contribution in [0.1, 0.15) is 37.8 Å². The molecule has 4 heteroatoms. The molecule has 3 aromatic rings. The standard InChI is InChI=1S/C18H14N.C4H7O2.Pt/c1-18(2)14-8-4-3-7-13(14)17-16-12(10-11-19-17)6-5-9-15(16)18;1-2-3-4(5)6;/h3-6,8-11H,1-2H3;1-3H2,(H,5,6);/q2*-1;+2. The fourth-order valence-electron chi connectivity index (χ4n) is 3.39. The Morgan fingerprint density at radius 2 is 1.92 bits per heavy atom. The summed E-state index contributed by atoms with van der Waals surface area (Å²) in [5.41, 5.74) is 4.90. The van der Waals surface area contributed by atoms with E-state index in [4.69, 9.17) is 5.11 Å². The van der Waals surface area contributed by atoms with Gasteiger partial charge in [-0.1, -0.05) is 32.0 Å². The van der Waals surface area contributed by atoms with Crippen molar-refractivity contribution in [1.82, 2.24) is 4.98 Å². The SMILES string of the molecule is CC1(C)c2ccc[c-]c2-c2nccc3cccc1c23.[CH2-]CCC(=O)O.[Pt+2]. The number of benzene rings is 2. The van der Waals surface area contributed by atoms with Gasteiger partial charge in [-0.3, -0.25) is 4.79 Å². The van der Waals surface area contributed by atoms with Gasteiger partial charge in [-0.2, -0.15) is 6.42 Å². The third kappa shape index (κ3) is 3.59. The van der Waals surface area contributed by atoms with Gasteiger partial charge in [0.05, 0.1) is 0 Å². The van der Waals surface area contributed by atoms with Gasteiger partial charge in [0.2, 0.25) is 0 Å². The summed E-state index contributed by atoms with van der Waals surface area (Å²) >= 11 is 0.